The second-order valence-corrected chi connectivity index (χ2v) is 6.23. The molecule has 1 aromatic rings. The van der Waals surface area contributed by atoms with E-state index in [-0.39, 0.29) is 22.8 Å². The first-order valence-electron chi connectivity index (χ1n) is 6.60. The van der Waals surface area contributed by atoms with Crippen molar-refractivity contribution in [3.05, 3.63) is 28.0 Å². The van der Waals surface area contributed by atoms with Crippen molar-refractivity contribution < 1.29 is 4.79 Å². The maximum absolute atomic E-state index is 12.2. The van der Waals surface area contributed by atoms with Gasteiger partial charge in [-0.1, -0.05) is 37.0 Å². The van der Waals surface area contributed by atoms with E-state index in [0.29, 0.717) is 10.9 Å². The van der Waals surface area contributed by atoms with Gasteiger partial charge in [0.2, 0.25) is 0 Å². The van der Waals surface area contributed by atoms with Gasteiger partial charge in [-0.2, -0.15) is 0 Å². The lowest BCUT2D eigenvalue weighted by Crippen LogP contribution is -2.42. The van der Waals surface area contributed by atoms with Crippen LogP contribution in [0.1, 0.15) is 43.6 Å². The fourth-order valence-corrected chi connectivity index (χ4v) is 3.03. The molecule has 0 radical (unpaired) electrons. The molecule has 1 aliphatic carbocycles. The van der Waals surface area contributed by atoms with Crippen LogP contribution in [0.5, 0.6) is 0 Å². The number of amides is 1. The van der Waals surface area contributed by atoms with Crippen LogP contribution < -0.4 is 5.32 Å². The van der Waals surface area contributed by atoms with E-state index in [1.807, 2.05) is 0 Å². The summed E-state index contributed by atoms with van der Waals surface area (Å²) >= 11 is 11.8. The van der Waals surface area contributed by atoms with Crippen LogP contribution >= 0.6 is 23.2 Å². The molecule has 0 aromatic carbocycles. The minimum atomic E-state index is -0.237. The van der Waals surface area contributed by atoms with Crippen LogP contribution in [0.3, 0.4) is 0 Å². The van der Waals surface area contributed by atoms with Crippen LogP contribution in [0.4, 0.5) is 0 Å². The first kappa shape index (κ1) is 14.6. The first-order valence-corrected chi connectivity index (χ1v) is 7.36. The molecule has 1 amide bonds. The van der Waals surface area contributed by atoms with E-state index in [0.717, 1.165) is 25.2 Å². The van der Waals surface area contributed by atoms with Crippen LogP contribution in [-0.4, -0.2) is 16.9 Å². The highest BCUT2D eigenvalue weighted by molar-refractivity contribution is 6.34. The molecular formula is C14H18Cl2N2O. The number of pyridine rings is 1. The molecule has 3 nitrogen and oxygen atoms in total. The number of aromatic nitrogens is 1. The molecule has 3 unspecified atom stereocenters. The zero-order chi connectivity index (χ0) is 14.0. The van der Waals surface area contributed by atoms with Gasteiger partial charge in [0.05, 0.1) is 5.02 Å². The van der Waals surface area contributed by atoms with Gasteiger partial charge < -0.3 is 5.32 Å². The molecule has 5 heteroatoms. The summed E-state index contributed by atoms with van der Waals surface area (Å²) in [6.07, 6.45) is 3.29. The zero-order valence-electron chi connectivity index (χ0n) is 11.1. The summed E-state index contributed by atoms with van der Waals surface area (Å²) in [7, 11) is 0. The second-order valence-electron chi connectivity index (χ2n) is 5.44. The van der Waals surface area contributed by atoms with E-state index < -0.39 is 0 Å². The summed E-state index contributed by atoms with van der Waals surface area (Å²) in [5, 5.41) is 3.64. The summed E-state index contributed by atoms with van der Waals surface area (Å²) in [5.41, 5.74) is 0.208. The minimum absolute atomic E-state index is 0.195. The van der Waals surface area contributed by atoms with Crippen molar-refractivity contribution in [2.75, 3.05) is 0 Å². The summed E-state index contributed by atoms with van der Waals surface area (Å²) < 4.78 is 0. The Morgan fingerprint density at radius 1 is 1.32 bits per heavy atom. The number of carbonyl (C=O) groups excluding carboxylic acids is 1. The minimum Gasteiger partial charge on any atom is -0.348 e. The quantitative estimate of drug-likeness (QED) is 0.841. The van der Waals surface area contributed by atoms with Crippen LogP contribution in [0, 0.1) is 11.8 Å². The molecule has 0 spiro atoms. The molecule has 19 heavy (non-hydrogen) atoms. The number of hydrogen-bond acceptors (Lipinski definition) is 2. The van der Waals surface area contributed by atoms with Crippen molar-refractivity contribution in [3.63, 3.8) is 0 Å². The van der Waals surface area contributed by atoms with Crippen LogP contribution in [0.25, 0.3) is 0 Å². The Kier molecular flexibility index (Phi) is 4.69. The molecule has 1 aliphatic rings. The molecule has 0 saturated heterocycles. The lowest BCUT2D eigenvalue weighted by Gasteiger charge is -2.33. The van der Waals surface area contributed by atoms with Crippen molar-refractivity contribution in [2.45, 2.75) is 39.2 Å². The molecule has 0 bridgehead atoms. The number of halogens is 2. The molecule has 1 aromatic heterocycles. The van der Waals surface area contributed by atoms with E-state index in [1.165, 1.54) is 0 Å². The number of nitrogens with one attached hydrogen (secondary N) is 1. The third-order valence-corrected chi connectivity index (χ3v) is 4.29. The number of hydrogen-bond donors (Lipinski definition) is 1. The van der Waals surface area contributed by atoms with Crippen LogP contribution in [-0.2, 0) is 0 Å². The third-order valence-electron chi connectivity index (χ3n) is 3.78. The molecule has 1 fully saturated rings. The fraction of sp³-hybridized carbons (Fsp3) is 0.571. The predicted molar refractivity (Wildman–Crippen MR) is 77.7 cm³/mol. The van der Waals surface area contributed by atoms with Gasteiger partial charge in [0, 0.05) is 6.04 Å². The summed E-state index contributed by atoms with van der Waals surface area (Å²) in [4.78, 5) is 16.2. The van der Waals surface area contributed by atoms with Gasteiger partial charge in [-0.25, -0.2) is 4.98 Å². The summed E-state index contributed by atoms with van der Waals surface area (Å²) in [6, 6.07) is 3.37. The van der Waals surface area contributed by atoms with Crippen molar-refractivity contribution >= 4 is 29.1 Å². The second kappa shape index (κ2) is 6.10. The van der Waals surface area contributed by atoms with Crippen molar-refractivity contribution in [1.82, 2.24) is 10.3 Å². The highest BCUT2D eigenvalue weighted by atomic mass is 35.5. The molecule has 1 heterocycles. The van der Waals surface area contributed by atoms with E-state index >= 15 is 0 Å². The summed E-state index contributed by atoms with van der Waals surface area (Å²) in [6.45, 7) is 4.43. The van der Waals surface area contributed by atoms with Gasteiger partial charge in [0.25, 0.3) is 5.91 Å². The monoisotopic (exact) mass is 300 g/mol. The topological polar surface area (TPSA) is 42.0 Å². The highest BCUT2D eigenvalue weighted by Gasteiger charge is 2.27. The van der Waals surface area contributed by atoms with Gasteiger partial charge in [-0.3, -0.25) is 4.79 Å². The number of carbonyl (C=O) groups is 1. The predicted octanol–water partition coefficient (Wildman–Crippen LogP) is 3.94. The molecule has 2 rings (SSSR count). The van der Waals surface area contributed by atoms with Gasteiger partial charge >= 0.3 is 0 Å². The van der Waals surface area contributed by atoms with Gasteiger partial charge in [-0.05, 0) is 43.2 Å². The zero-order valence-corrected chi connectivity index (χ0v) is 12.6. The molecule has 0 aliphatic heterocycles. The van der Waals surface area contributed by atoms with Crippen molar-refractivity contribution in [3.8, 4) is 0 Å². The SMILES string of the molecule is CC1CCC(NC(=O)c2nc(Cl)ccc2Cl)C(C)C1. The normalized spacial score (nSPS) is 27.1. The molecule has 1 saturated carbocycles. The van der Waals surface area contributed by atoms with Gasteiger partial charge in [0.15, 0.2) is 0 Å². The maximum atomic E-state index is 12.2. The summed E-state index contributed by atoms with van der Waals surface area (Å²) in [5.74, 6) is 0.973. The Bertz CT molecular complexity index is 479. The Morgan fingerprint density at radius 3 is 2.74 bits per heavy atom. The standard InChI is InChI=1S/C14H18Cl2N2O/c1-8-3-5-11(9(2)7-8)17-14(19)13-10(15)4-6-12(16)18-13/h4,6,8-9,11H,3,5,7H2,1-2H3,(H,17,19). The van der Waals surface area contributed by atoms with Crippen LogP contribution in [0.15, 0.2) is 12.1 Å². The highest BCUT2D eigenvalue weighted by Crippen LogP contribution is 2.29. The lowest BCUT2D eigenvalue weighted by molar-refractivity contribution is 0.0894. The molecule has 1 N–H and O–H groups in total. The molecular weight excluding hydrogens is 283 g/mol. The number of rotatable bonds is 2. The lowest BCUT2D eigenvalue weighted by atomic mass is 9.80. The largest absolute Gasteiger partial charge is 0.348 e. The van der Waals surface area contributed by atoms with E-state index in [4.69, 9.17) is 23.2 Å². The molecule has 3 atom stereocenters. The third kappa shape index (κ3) is 3.61. The fourth-order valence-electron chi connectivity index (χ4n) is 2.69. The van der Waals surface area contributed by atoms with Crippen LogP contribution in [0.2, 0.25) is 10.2 Å². The smallest absolute Gasteiger partial charge is 0.271 e. The van der Waals surface area contributed by atoms with Gasteiger partial charge in [-0.15, -0.1) is 0 Å². The molecule has 104 valence electrons. The maximum Gasteiger partial charge on any atom is 0.271 e. The Morgan fingerprint density at radius 2 is 2.05 bits per heavy atom. The Labute approximate surface area is 123 Å². The Balaban J connectivity index is 2.06. The van der Waals surface area contributed by atoms with E-state index in [1.54, 1.807) is 12.1 Å². The van der Waals surface area contributed by atoms with Crippen molar-refractivity contribution in [2.24, 2.45) is 11.8 Å². The first-order chi connectivity index (χ1) is 8.97. The van der Waals surface area contributed by atoms with Gasteiger partial charge in [0.1, 0.15) is 10.8 Å². The van der Waals surface area contributed by atoms with E-state index in [2.05, 4.69) is 24.1 Å². The van der Waals surface area contributed by atoms with E-state index in [9.17, 15) is 4.79 Å². The average Bonchev–Trinajstić information content (AvgIpc) is 2.35. The number of nitrogens with zero attached hydrogens (tertiary/aromatic N) is 1. The average molecular weight is 301 g/mol. The van der Waals surface area contributed by atoms with Crippen molar-refractivity contribution in [1.29, 1.82) is 0 Å². The Hall–Kier alpha value is -0.800.